The fourth-order valence-corrected chi connectivity index (χ4v) is 0.331. The van der Waals surface area contributed by atoms with Crippen molar-refractivity contribution in [1.29, 1.82) is 0 Å². The summed E-state index contributed by atoms with van der Waals surface area (Å²) in [6.07, 6.45) is 0. The first-order chi connectivity index (χ1) is 3.55. The number of hydrogen-bond donors (Lipinski definition) is 3. The van der Waals surface area contributed by atoms with Crippen LogP contribution in [0.15, 0.2) is 12.2 Å². The summed E-state index contributed by atoms with van der Waals surface area (Å²) in [7, 11) is 0. The molecule has 0 bridgehead atoms. The van der Waals surface area contributed by atoms with Gasteiger partial charge in [-0.2, -0.15) is 25.3 Å². The van der Waals surface area contributed by atoms with Crippen LogP contribution in [0.4, 0.5) is 0 Å². The van der Waals surface area contributed by atoms with Crippen LogP contribution >= 0.6 is 25.3 Å². The third-order valence-electron chi connectivity index (χ3n) is 0.586. The highest BCUT2D eigenvalue weighted by atomic mass is 32.2. The fourth-order valence-electron chi connectivity index (χ4n) is 0.110. The zero-order valence-corrected chi connectivity index (χ0v) is 5.82. The van der Waals surface area contributed by atoms with Gasteiger partial charge in [-0.25, -0.2) is 4.79 Å². The normalized spacial score (nSPS) is 9.38. The van der Waals surface area contributed by atoms with E-state index in [9.17, 15) is 4.79 Å². The van der Waals surface area contributed by atoms with Gasteiger partial charge in [-0.1, -0.05) is 6.58 Å². The first-order valence-corrected chi connectivity index (χ1v) is 2.87. The quantitative estimate of drug-likeness (QED) is 0.309. The van der Waals surface area contributed by atoms with Gasteiger partial charge < -0.3 is 5.11 Å². The second-order valence-electron chi connectivity index (χ2n) is 1.20. The van der Waals surface area contributed by atoms with Gasteiger partial charge in [-0.3, -0.25) is 0 Å². The zero-order valence-electron chi connectivity index (χ0n) is 4.03. The van der Waals surface area contributed by atoms with Crippen LogP contribution in [0, 0.1) is 0 Å². The highest BCUT2D eigenvalue weighted by Crippen LogP contribution is 2.09. The molecule has 0 amide bonds. The molecule has 0 aromatic heterocycles. The average Bonchev–Trinajstić information content (AvgIpc) is 1.64. The topological polar surface area (TPSA) is 37.3 Å². The summed E-state index contributed by atoms with van der Waals surface area (Å²) in [6.45, 7) is 3.20. The van der Waals surface area contributed by atoms with Gasteiger partial charge in [0.2, 0.25) is 0 Å². The highest BCUT2D eigenvalue weighted by molar-refractivity contribution is 7.99. The van der Waals surface area contributed by atoms with Crippen molar-refractivity contribution in [2.45, 2.75) is 4.58 Å². The highest BCUT2D eigenvalue weighted by Gasteiger charge is 2.08. The molecule has 0 aromatic carbocycles. The van der Waals surface area contributed by atoms with Crippen molar-refractivity contribution in [3.05, 3.63) is 12.2 Å². The summed E-state index contributed by atoms with van der Waals surface area (Å²) < 4.78 is -0.563. The third-order valence-corrected chi connectivity index (χ3v) is 1.21. The second-order valence-corrected chi connectivity index (χ2v) is 2.64. The monoisotopic (exact) mass is 150 g/mol. The minimum Gasteiger partial charge on any atom is -0.478 e. The van der Waals surface area contributed by atoms with Crippen LogP contribution in [0.3, 0.4) is 0 Å². The van der Waals surface area contributed by atoms with E-state index >= 15 is 0 Å². The van der Waals surface area contributed by atoms with Crippen LogP contribution in [0.2, 0.25) is 0 Å². The predicted molar refractivity (Wildman–Crippen MR) is 38.5 cm³/mol. The summed E-state index contributed by atoms with van der Waals surface area (Å²) in [5.74, 6) is -1.06. The van der Waals surface area contributed by atoms with E-state index in [1.165, 1.54) is 0 Å². The van der Waals surface area contributed by atoms with Crippen molar-refractivity contribution in [2.24, 2.45) is 0 Å². The maximum Gasteiger partial charge on any atom is 0.332 e. The molecule has 0 rings (SSSR count). The van der Waals surface area contributed by atoms with E-state index in [4.69, 9.17) is 5.11 Å². The van der Waals surface area contributed by atoms with Crippen LogP contribution in [0.5, 0.6) is 0 Å². The fraction of sp³-hybridized carbons (Fsp3) is 0.250. The number of thiol groups is 2. The molecule has 0 unspecified atom stereocenters. The van der Waals surface area contributed by atoms with Gasteiger partial charge in [-0.15, -0.1) is 0 Å². The molecule has 0 heterocycles. The summed E-state index contributed by atoms with van der Waals surface area (Å²) in [4.78, 5) is 9.94. The van der Waals surface area contributed by atoms with Gasteiger partial charge in [0, 0.05) is 0 Å². The van der Waals surface area contributed by atoms with E-state index in [-0.39, 0.29) is 5.57 Å². The molecule has 46 valence electrons. The molecule has 0 aliphatic carbocycles. The maximum absolute atomic E-state index is 9.94. The van der Waals surface area contributed by atoms with Crippen molar-refractivity contribution >= 4 is 31.2 Å². The lowest BCUT2D eigenvalue weighted by atomic mass is 10.4. The number of carboxylic acid groups (broad SMARTS) is 1. The van der Waals surface area contributed by atoms with Gasteiger partial charge in [0.1, 0.15) is 0 Å². The first kappa shape index (κ1) is 7.91. The van der Waals surface area contributed by atoms with E-state index in [0.717, 1.165) is 0 Å². The molecule has 1 N–H and O–H groups in total. The van der Waals surface area contributed by atoms with Gasteiger partial charge in [-0.05, 0) is 0 Å². The van der Waals surface area contributed by atoms with E-state index in [0.29, 0.717) is 0 Å². The average molecular weight is 150 g/mol. The smallest absolute Gasteiger partial charge is 0.332 e. The molecule has 0 aliphatic heterocycles. The molecule has 0 radical (unpaired) electrons. The Morgan fingerprint density at radius 2 is 2.00 bits per heavy atom. The summed E-state index contributed by atoms with van der Waals surface area (Å²) in [5, 5.41) is 8.16. The molecule has 0 aromatic rings. The van der Waals surface area contributed by atoms with Gasteiger partial charge >= 0.3 is 5.97 Å². The maximum atomic E-state index is 9.94. The lowest BCUT2D eigenvalue weighted by Gasteiger charge is -1.98. The number of rotatable bonds is 2. The Labute approximate surface area is 58.4 Å². The lowest BCUT2D eigenvalue weighted by Crippen LogP contribution is -2.05. The lowest BCUT2D eigenvalue weighted by molar-refractivity contribution is -0.132. The van der Waals surface area contributed by atoms with Crippen molar-refractivity contribution in [3.63, 3.8) is 0 Å². The van der Waals surface area contributed by atoms with Gasteiger partial charge in [0.25, 0.3) is 0 Å². The Kier molecular flexibility index (Phi) is 3.01. The van der Waals surface area contributed by atoms with Crippen LogP contribution in [0.25, 0.3) is 0 Å². The third kappa shape index (κ3) is 2.28. The largest absolute Gasteiger partial charge is 0.478 e. The molecule has 4 heteroatoms. The SMILES string of the molecule is C=C(C(=O)O)C(S)S. The second kappa shape index (κ2) is 3.04. The van der Waals surface area contributed by atoms with Crippen molar-refractivity contribution < 1.29 is 9.90 Å². The Morgan fingerprint density at radius 1 is 1.62 bits per heavy atom. The molecule has 0 atom stereocenters. The Balaban J connectivity index is 3.84. The minimum atomic E-state index is -1.06. The number of aliphatic carboxylic acids is 1. The van der Waals surface area contributed by atoms with Crippen LogP contribution in [-0.2, 0) is 4.79 Å². The summed E-state index contributed by atoms with van der Waals surface area (Å²) >= 11 is 7.43. The summed E-state index contributed by atoms with van der Waals surface area (Å²) in [5.41, 5.74) is -0.00309. The minimum absolute atomic E-state index is 0.00309. The van der Waals surface area contributed by atoms with Crippen LogP contribution < -0.4 is 0 Å². The Morgan fingerprint density at radius 3 is 2.00 bits per heavy atom. The molecule has 0 spiro atoms. The van der Waals surface area contributed by atoms with E-state index in [1.54, 1.807) is 0 Å². The number of hydrogen-bond acceptors (Lipinski definition) is 3. The van der Waals surface area contributed by atoms with Crippen LogP contribution in [-0.4, -0.2) is 15.7 Å². The molecule has 0 fully saturated rings. The number of carboxylic acids is 1. The summed E-state index contributed by atoms with van der Waals surface area (Å²) in [6, 6.07) is 0. The van der Waals surface area contributed by atoms with Crippen molar-refractivity contribution in [3.8, 4) is 0 Å². The zero-order chi connectivity index (χ0) is 6.73. The van der Waals surface area contributed by atoms with Crippen molar-refractivity contribution in [1.82, 2.24) is 0 Å². The molecular formula is C4H6O2S2. The van der Waals surface area contributed by atoms with Gasteiger partial charge in [0.05, 0.1) is 10.2 Å². The van der Waals surface area contributed by atoms with Crippen LogP contribution in [0.1, 0.15) is 0 Å². The van der Waals surface area contributed by atoms with E-state index in [1.807, 2.05) is 0 Å². The first-order valence-electron chi connectivity index (χ1n) is 1.84. The molecule has 8 heavy (non-hydrogen) atoms. The molecule has 2 nitrogen and oxygen atoms in total. The van der Waals surface area contributed by atoms with Gasteiger partial charge in [0.15, 0.2) is 0 Å². The number of carbonyl (C=O) groups is 1. The standard InChI is InChI=1S/C4H6O2S2/c1-2(3(5)6)4(7)8/h4,7-8H,1H2,(H,5,6). The van der Waals surface area contributed by atoms with Crippen molar-refractivity contribution in [2.75, 3.05) is 0 Å². The molecule has 0 saturated heterocycles. The molecule has 0 aliphatic rings. The molecule has 0 saturated carbocycles. The van der Waals surface area contributed by atoms with E-state index < -0.39 is 10.6 Å². The predicted octanol–water partition coefficient (Wildman–Crippen LogP) is 0.813. The molecular weight excluding hydrogens is 144 g/mol. The van der Waals surface area contributed by atoms with E-state index in [2.05, 4.69) is 31.8 Å². The Hall–Kier alpha value is -0.0900. The Bertz CT molecular complexity index is 119.